The van der Waals surface area contributed by atoms with Crippen molar-refractivity contribution in [3.8, 4) is 0 Å². The highest BCUT2D eigenvalue weighted by atomic mass is 16.2. The summed E-state index contributed by atoms with van der Waals surface area (Å²) in [6.45, 7) is 6.07. The number of benzene rings is 1. The van der Waals surface area contributed by atoms with Crippen molar-refractivity contribution in [3.63, 3.8) is 0 Å². The number of para-hydroxylation sites is 1. The minimum Gasteiger partial charge on any atom is -0.352 e. The van der Waals surface area contributed by atoms with E-state index >= 15 is 0 Å². The molecule has 4 heteroatoms. The summed E-state index contributed by atoms with van der Waals surface area (Å²) in [6, 6.07) is 8.34. The van der Waals surface area contributed by atoms with Gasteiger partial charge >= 0.3 is 0 Å². The van der Waals surface area contributed by atoms with Crippen LogP contribution in [-0.4, -0.2) is 21.7 Å². The summed E-state index contributed by atoms with van der Waals surface area (Å²) < 4.78 is 1.80. The van der Waals surface area contributed by atoms with Gasteiger partial charge in [-0.1, -0.05) is 24.3 Å². The second-order valence-corrected chi connectivity index (χ2v) is 6.23. The quantitative estimate of drug-likeness (QED) is 0.861. The number of carbonyl (C=O) groups is 1. The van der Waals surface area contributed by atoms with Crippen molar-refractivity contribution in [2.24, 2.45) is 5.92 Å². The van der Waals surface area contributed by atoms with Crippen LogP contribution in [0.2, 0.25) is 0 Å². The van der Waals surface area contributed by atoms with Gasteiger partial charge in [-0.15, -0.1) is 6.58 Å². The third kappa shape index (κ3) is 3.06. The highest BCUT2D eigenvalue weighted by Gasteiger charge is 2.25. The van der Waals surface area contributed by atoms with Crippen molar-refractivity contribution in [1.82, 2.24) is 15.1 Å². The molecule has 1 heterocycles. The molecule has 0 aliphatic heterocycles. The lowest BCUT2D eigenvalue weighted by Crippen LogP contribution is -2.35. The molecule has 1 aliphatic rings. The molecule has 1 fully saturated rings. The Bertz CT molecular complexity index is 689. The number of fused-ring (bicyclic) bond motifs is 1. The Kier molecular flexibility index (Phi) is 4.27. The molecule has 2 aromatic rings. The van der Waals surface area contributed by atoms with Crippen LogP contribution in [0, 0.1) is 12.8 Å². The summed E-state index contributed by atoms with van der Waals surface area (Å²) in [5.41, 5.74) is 1.99. The lowest BCUT2D eigenvalue weighted by Gasteiger charge is -2.13. The van der Waals surface area contributed by atoms with Crippen molar-refractivity contribution in [1.29, 1.82) is 0 Å². The largest absolute Gasteiger partial charge is 0.352 e. The SMILES string of the molecule is C=CCC1CCC(NC(=O)Cn2nc(C)c3ccccc32)C1. The molecule has 1 N–H and O–H groups in total. The van der Waals surface area contributed by atoms with Gasteiger partial charge in [0, 0.05) is 11.4 Å². The van der Waals surface area contributed by atoms with Gasteiger partial charge in [0.25, 0.3) is 0 Å². The number of aromatic nitrogens is 2. The van der Waals surface area contributed by atoms with Crippen LogP contribution < -0.4 is 5.32 Å². The van der Waals surface area contributed by atoms with E-state index in [-0.39, 0.29) is 12.5 Å². The van der Waals surface area contributed by atoms with E-state index in [0.29, 0.717) is 12.0 Å². The van der Waals surface area contributed by atoms with Gasteiger partial charge in [0.1, 0.15) is 6.54 Å². The Labute approximate surface area is 131 Å². The number of hydrogen-bond donors (Lipinski definition) is 1. The molecule has 0 saturated heterocycles. The average molecular weight is 297 g/mol. The van der Waals surface area contributed by atoms with Gasteiger partial charge in [0.05, 0.1) is 11.2 Å². The Balaban J connectivity index is 1.63. The van der Waals surface area contributed by atoms with Crippen LogP contribution in [0.1, 0.15) is 31.4 Å². The second kappa shape index (κ2) is 6.34. The average Bonchev–Trinajstić information content (AvgIpc) is 3.06. The lowest BCUT2D eigenvalue weighted by molar-refractivity contribution is -0.122. The molecular weight excluding hydrogens is 274 g/mol. The molecule has 1 amide bonds. The Hall–Kier alpha value is -2.10. The monoisotopic (exact) mass is 297 g/mol. The van der Waals surface area contributed by atoms with Crippen molar-refractivity contribution in [3.05, 3.63) is 42.6 Å². The normalized spacial score (nSPS) is 21.1. The zero-order valence-corrected chi connectivity index (χ0v) is 13.1. The van der Waals surface area contributed by atoms with Crippen LogP contribution in [0.4, 0.5) is 0 Å². The van der Waals surface area contributed by atoms with E-state index in [1.54, 1.807) is 4.68 Å². The fourth-order valence-electron chi connectivity index (χ4n) is 3.48. The summed E-state index contributed by atoms with van der Waals surface area (Å²) in [5, 5.41) is 8.76. The zero-order chi connectivity index (χ0) is 15.5. The van der Waals surface area contributed by atoms with E-state index in [2.05, 4.69) is 17.0 Å². The molecule has 4 nitrogen and oxygen atoms in total. The van der Waals surface area contributed by atoms with E-state index in [0.717, 1.165) is 35.9 Å². The standard InChI is InChI=1S/C18H23N3O/c1-3-6-14-9-10-15(11-14)19-18(22)12-21-17-8-5-4-7-16(17)13(2)20-21/h3-5,7-8,14-15H,1,6,9-12H2,2H3,(H,19,22). The number of amides is 1. The third-order valence-corrected chi connectivity index (χ3v) is 4.54. The fourth-order valence-corrected chi connectivity index (χ4v) is 3.48. The van der Waals surface area contributed by atoms with Crippen molar-refractivity contribution in [2.45, 2.75) is 45.2 Å². The van der Waals surface area contributed by atoms with Gasteiger partial charge in [0.2, 0.25) is 5.91 Å². The van der Waals surface area contributed by atoms with Gasteiger partial charge in [-0.2, -0.15) is 5.10 Å². The molecule has 3 rings (SSSR count). The van der Waals surface area contributed by atoms with Crippen LogP contribution in [0.15, 0.2) is 36.9 Å². The number of aryl methyl sites for hydroxylation is 1. The van der Waals surface area contributed by atoms with Crippen LogP contribution in [0.25, 0.3) is 10.9 Å². The van der Waals surface area contributed by atoms with Crippen LogP contribution in [-0.2, 0) is 11.3 Å². The second-order valence-electron chi connectivity index (χ2n) is 6.23. The molecule has 1 aliphatic carbocycles. The topological polar surface area (TPSA) is 46.9 Å². The van der Waals surface area contributed by atoms with Crippen LogP contribution >= 0.6 is 0 Å². The van der Waals surface area contributed by atoms with Crippen molar-refractivity contribution >= 4 is 16.8 Å². The maximum Gasteiger partial charge on any atom is 0.241 e. The summed E-state index contributed by atoms with van der Waals surface area (Å²) in [6.07, 6.45) is 6.35. The van der Waals surface area contributed by atoms with Gasteiger partial charge in [-0.3, -0.25) is 9.48 Å². The first-order chi connectivity index (χ1) is 10.7. The van der Waals surface area contributed by atoms with E-state index < -0.39 is 0 Å². The molecule has 1 saturated carbocycles. The van der Waals surface area contributed by atoms with E-state index in [4.69, 9.17) is 0 Å². The van der Waals surface area contributed by atoms with Gasteiger partial charge < -0.3 is 5.32 Å². The number of nitrogens with zero attached hydrogens (tertiary/aromatic N) is 2. The van der Waals surface area contributed by atoms with Crippen LogP contribution in [0.5, 0.6) is 0 Å². The third-order valence-electron chi connectivity index (χ3n) is 4.54. The number of hydrogen-bond acceptors (Lipinski definition) is 2. The first-order valence-electron chi connectivity index (χ1n) is 7.99. The maximum absolute atomic E-state index is 12.3. The molecule has 0 bridgehead atoms. The fraction of sp³-hybridized carbons (Fsp3) is 0.444. The molecule has 1 aromatic carbocycles. The molecule has 116 valence electrons. The number of nitrogens with one attached hydrogen (secondary N) is 1. The van der Waals surface area contributed by atoms with Gasteiger partial charge in [-0.05, 0) is 44.6 Å². The summed E-state index contributed by atoms with van der Waals surface area (Å²) in [4.78, 5) is 12.3. The maximum atomic E-state index is 12.3. The van der Waals surface area contributed by atoms with Gasteiger partial charge in [0.15, 0.2) is 0 Å². The van der Waals surface area contributed by atoms with E-state index in [1.165, 1.54) is 6.42 Å². The summed E-state index contributed by atoms with van der Waals surface area (Å²) in [7, 11) is 0. The predicted molar refractivity (Wildman–Crippen MR) is 88.6 cm³/mol. The molecule has 22 heavy (non-hydrogen) atoms. The molecule has 0 spiro atoms. The minimum atomic E-state index is 0.0532. The van der Waals surface area contributed by atoms with Crippen molar-refractivity contribution < 1.29 is 4.79 Å². The van der Waals surface area contributed by atoms with E-state index in [1.807, 2.05) is 37.3 Å². The van der Waals surface area contributed by atoms with Crippen LogP contribution in [0.3, 0.4) is 0 Å². The highest BCUT2D eigenvalue weighted by molar-refractivity contribution is 5.84. The smallest absolute Gasteiger partial charge is 0.241 e. The predicted octanol–water partition coefficient (Wildman–Crippen LogP) is 3.21. The number of rotatable bonds is 5. The Morgan fingerprint density at radius 1 is 1.45 bits per heavy atom. The molecular formula is C18H23N3O. The molecule has 0 radical (unpaired) electrons. The Morgan fingerprint density at radius 3 is 3.09 bits per heavy atom. The number of carbonyl (C=O) groups excluding carboxylic acids is 1. The zero-order valence-electron chi connectivity index (χ0n) is 13.1. The minimum absolute atomic E-state index is 0.0532. The highest BCUT2D eigenvalue weighted by Crippen LogP contribution is 2.28. The first kappa shape index (κ1) is 14.8. The summed E-state index contributed by atoms with van der Waals surface area (Å²) in [5.74, 6) is 0.730. The lowest BCUT2D eigenvalue weighted by atomic mass is 10.0. The van der Waals surface area contributed by atoms with Crippen molar-refractivity contribution in [2.75, 3.05) is 0 Å². The molecule has 2 unspecified atom stereocenters. The van der Waals surface area contributed by atoms with E-state index in [9.17, 15) is 4.79 Å². The molecule has 1 aromatic heterocycles. The molecule has 2 atom stereocenters. The van der Waals surface area contributed by atoms with Gasteiger partial charge in [-0.25, -0.2) is 0 Å². The number of allylic oxidation sites excluding steroid dienone is 1. The summed E-state index contributed by atoms with van der Waals surface area (Å²) >= 11 is 0. The Morgan fingerprint density at radius 2 is 2.27 bits per heavy atom. The first-order valence-corrected chi connectivity index (χ1v) is 7.99.